The van der Waals surface area contributed by atoms with E-state index >= 15 is 0 Å². The molecule has 28 heavy (non-hydrogen) atoms. The number of ether oxygens (including phenoxy) is 1. The first kappa shape index (κ1) is 19.4. The van der Waals surface area contributed by atoms with Crippen molar-refractivity contribution < 1.29 is 17.9 Å². The first-order valence-corrected chi connectivity index (χ1v) is 10.4. The maximum absolute atomic E-state index is 13.1. The number of rotatable bonds is 3. The number of thioether (sulfide) groups is 1. The summed E-state index contributed by atoms with van der Waals surface area (Å²) in [6.45, 7) is 8.24. The highest BCUT2D eigenvalue weighted by molar-refractivity contribution is 7.99. The van der Waals surface area contributed by atoms with Crippen LogP contribution in [0.2, 0.25) is 0 Å². The monoisotopic (exact) mass is 405 g/mol. The maximum Gasteiger partial charge on any atom is 0.416 e. The molecule has 0 saturated heterocycles. The Morgan fingerprint density at radius 2 is 1.96 bits per heavy atom. The smallest absolute Gasteiger partial charge is 0.416 e. The third kappa shape index (κ3) is 3.21. The lowest BCUT2D eigenvalue weighted by molar-refractivity contribution is -0.137. The molecule has 2 aromatic carbocycles. The fourth-order valence-electron chi connectivity index (χ4n) is 3.99. The minimum Gasteiger partial charge on any atom is -0.487 e. The fourth-order valence-corrected chi connectivity index (χ4v) is 4.96. The standard InChI is InChI=1S/C22H22F3NOS/c1-5-28-20-15(8-9-18-16(20)11-21(3,4)27-18)19-12(2)14-7-6-13(22(23,24)25)10-17(14)26-19/h6-10,12H,5,11H2,1-4H3. The molecule has 0 aliphatic carbocycles. The molecule has 0 N–H and O–H groups in total. The number of aliphatic imine (C=N–C) groups is 1. The van der Waals surface area contributed by atoms with Crippen LogP contribution in [0.1, 0.15) is 55.9 Å². The van der Waals surface area contributed by atoms with Crippen molar-refractivity contribution in [3.63, 3.8) is 0 Å². The van der Waals surface area contributed by atoms with Gasteiger partial charge in [-0.05, 0) is 49.4 Å². The van der Waals surface area contributed by atoms with Crippen molar-refractivity contribution in [3.8, 4) is 5.75 Å². The van der Waals surface area contributed by atoms with Crippen molar-refractivity contribution in [2.24, 2.45) is 4.99 Å². The molecule has 0 amide bonds. The molecule has 4 rings (SSSR count). The van der Waals surface area contributed by atoms with Gasteiger partial charge in [0.1, 0.15) is 11.4 Å². The van der Waals surface area contributed by atoms with Crippen LogP contribution in [0.4, 0.5) is 18.9 Å². The summed E-state index contributed by atoms with van der Waals surface area (Å²) in [7, 11) is 0. The van der Waals surface area contributed by atoms with Gasteiger partial charge in [-0.15, -0.1) is 11.8 Å². The lowest BCUT2D eigenvalue weighted by Gasteiger charge is -2.16. The summed E-state index contributed by atoms with van der Waals surface area (Å²) in [5.74, 6) is 1.74. The molecule has 1 unspecified atom stereocenters. The van der Waals surface area contributed by atoms with Crippen LogP contribution in [0.3, 0.4) is 0 Å². The first-order valence-electron chi connectivity index (χ1n) is 9.38. The highest BCUT2D eigenvalue weighted by atomic mass is 32.2. The van der Waals surface area contributed by atoms with E-state index in [1.54, 1.807) is 17.8 Å². The number of fused-ring (bicyclic) bond motifs is 2. The molecule has 0 fully saturated rings. The average Bonchev–Trinajstić information content (AvgIpc) is 3.10. The van der Waals surface area contributed by atoms with Gasteiger partial charge >= 0.3 is 6.18 Å². The minimum atomic E-state index is -4.36. The van der Waals surface area contributed by atoms with Gasteiger partial charge in [-0.2, -0.15) is 13.2 Å². The van der Waals surface area contributed by atoms with E-state index in [4.69, 9.17) is 4.74 Å². The molecule has 2 heterocycles. The predicted octanol–water partition coefficient (Wildman–Crippen LogP) is 6.77. The number of hydrogen-bond acceptors (Lipinski definition) is 3. The van der Waals surface area contributed by atoms with Crippen molar-refractivity contribution in [3.05, 3.63) is 52.6 Å². The Kier molecular flexibility index (Phi) is 4.53. The Morgan fingerprint density at radius 1 is 1.21 bits per heavy atom. The van der Waals surface area contributed by atoms with E-state index in [9.17, 15) is 13.2 Å². The lowest BCUT2D eigenvalue weighted by atomic mass is 9.91. The summed E-state index contributed by atoms with van der Waals surface area (Å²) in [6, 6.07) is 7.84. The van der Waals surface area contributed by atoms with Gasteiger partial charge in [0.25, 0.3) is 0 Å². The van der Waals surface area contributed by atoms with Crippen LogP contribution in [-0.4, -0.2) is 17.1 Å². The molecular weight excluding hydrogens is 383 g/mol. The van der Waals surface area contributed by atoms with E-state index in [1.165, 1.54) is 5.56 Å². The van der Waals surface area contributed by atoms with Gasteiger partial charge in [-0.1, -0.05) is 19.9 Å². The Bertz CT molecular complexity index is 978. The number of nitrogens with zero attached hydrogens (tertiary/aromatic N) is 1. The van der Waals surface area contributed by atoms with Crippen molar-refractivity contribution in [2.75, 3.05) is 5.75 Å². The van der Waals surface area contributed by atoms with Gasteiger partial charge < -0.3 is 4.74 Å². The Morgan fingerprint density at radius 3 is 2.64 bits per heavy atom. The zero-order chi connectivity index (χ0) is 20.3. The fraction of sp³-hybridized carbons (Fsp3) is 0.409. The van der Waals surface area contributed by atoms with E-state index in [-0.39, 0.29) is 11.5 Å². The summed E-state index contributed by atoms with van der Waals surface area (Å²) in [4.78, 5) is 5.78. The summed E-state index contributed by atoms with van der Waals surface area (Å²) in [5, 5.41) is 0. The van der Waals surface area contributed by atoms with Crippen LogP contribution in [0.5, 0.6) is 5.75 Å². The Balaban J connectivity index is 1.81. The zero-order valence-corrected chi connectivity index (χ0v) is 17.1. The van der Waals surface area contributed by atoms with Gasteiger partial charge in [-0.25, -0.2) is 0 Å². The molecular formula is C22H22F3NOS. The quantitative estimate of drug-likeness (QED) is 0.526. The lowest BCUT2D eigenvalue weighted by Crippen LogP contribution is -2.24. The Hall–Kier alpha value is -1.95. The van der Waals surface area contributed by atoms with Crippen LogP contribution in [0.15, 0.2) is 40.2 Å². The van der Waals surface area contributed by atoms with Gasteiger partial charge in [0.15, 0.2) is 0 Å². The second-order valence-corrected chi connectivity index (χ2v) is 9.15. The van der Waals surface area contributed by atoms with Gasteiger partial charge in [0, 0.05) is 28.4 Å². The maximum atomic E-state index is 13.1. The van der Waals surface area contributed by atoms with E-state index < -0.39 is 11.7 Å². The molecule has 0 saturated carbocycles. The zero-order valence-electron chi connectivity index (χ0n) is 16.3. The van der Waals surface area contributed by atoms with Crippen molar-refractivity contribution in [1.82, 2.24) is 0 Å². The average molecular weight is 405 g/mol. The van der Waals surface area contributed by atoms with Crippen LogP contribution in [0.25, 0.3) is 0 Å². The molecule has 0 aromatic heterocycles. The number of alkyl halides is 3. The summed E-state index contributed by atoms with van der Waals surface area (Å²) in [6.07, 6.45) is -3.55. The second-order valence-electron chi connectivity index (χ2n) is 7.88. The molecule has 2 nitrogen and oxygen atoms in total. The predicted molar refractivity (Wildman–Crippen MR) is 107 cm³/mol. The van der Waals surface area contributed by atoms with Crippen molar-refractivity contribution >= 4 is 23.2 Å². The third-order valence-corrected chi connectivity index (χ3v) is 6.29. The van der Waals surface area contributed by atoms with Crippen molar-refractivity contribution in [1.29, 1.82) is 0 Å². The Labute approximate surface area is 167 Å². The molecule has 6 heteroatoms. The number of benzene rings is 2. The molecule has 2 aromatic rings. The summed E-state index contributed by atoms with van der Waals surface area (Å²) < 4.78 is 45.3. The third-order valence-electron chi connectivity index (χ3n) is 5.25. The number of halogens is 3. The molecule has 0 bridgehead atoms. The molecule has 0 radical (unpaired) electrons. The summed E-state index contributed by atoms with van der Waals surface area (Å²) >= 11 is 1.74. The molecule has 1 atom stereocenters. The van der Waals surface area contributed by atoms with Gasteiger partial charge in [0.05, 0.1) is 17.0 Å². The van der Waals surface area contributed by atoms with Crippen LogP contribution < -0.4 is 4.74 Å². The van der Waals surface area contributed by atoms with Gasteiger partial charge in [-0.3, -0.25) is 4.99 Å². The normalized spacial score (nSPS) is 19.8. The topological polar surface area (TPSA) is 21.6 Å². The van der Waals surface area contributed by atoms with E-state index in [0.717, 1.165) is 51.8 Å². The first-order chi connectivity index (χ1) is 13.1. The van der Waals surface area contributed by atoms with Crippen LogP contribution in [-0.2, 0) is 12.6 Å². The van der Waals surface area contributed by atoms with E-state index in [0.29, 0.717) is 5.69 Å². The summed E-state index contributed by atoms with van der Waals surface area (Å²) in [5.41, 5.74) is 3.36. The molecule has 2 aliphatic rings. The molecule has 148 valence electrons. The molecule has 0 spiro atoms. The highest BCUT2D eigenvalue weighted by Crippen LogP contribution is 2.46. The second kappa shape index (κ2) is 6.55. The van der Waals surface area contributed by atoms with Crippen LogP contribution >= 0.6 is 11.8 Å². The largest absolute Gasteiger partial charge is 0.487 e. The SMILES string of the molecule is CCSc1c(C2=Nc3cc(C(F)(F)F)ccc3C2C)ccc2c1CC(C)(C)O2. The van der Waals surface area contributed by atoms with Crippen molar-refractivity contribution in [2.45, 2.75) is 56.7 Å². The minimum absolute atomic E-state index is 0.0538. The highest BCUT2D eigenvalue weighted by Gasteiger charge is 2.36. The van der Waals surface area contributed by atoms with Gasteiger partial charge in [0.2, 0.25) is 0 Å². The van der Waals surface area contributed by atoms with E-state index in [2.05, 4.69) is 25.8 Å². The molecule has 2 aliphatic heterocycles. The van der Waals surface area contributed by atoms with Crippen LogP contribution in [0, 0.1) is 0 Å². The van der Waals surface area contributed by atoms with E-state index in [1.807, 2.05) is 19.1 Å². The number of hydrogen-bond donors (Lipinski definition) is 0.